The SMILES string of the molecule is CCCNC(=O)COc1ccc(-c2ccc(C)cc2)cc1. The number of benzene rings is 2. The molecule has 0 heterocycles. The molecule has 2 aromatic carbocycles. The zero-order chi connectivity index (χ0) is 15.1. The number of carbonyl (C=O) groups excluding carboxylic acids is 1. The molecule has 0 atom stereocenters. The Kier molecular flexibility index (Phi) is 5.38. The first-order valence-corrected chi connectivity index (χ1v) is 7.25. The minimum absolute atomic E-state index is 0.0594. The second kappa shape index (κ2) is 7.48. The van der Waals surface area contributed by atoms with Crippen molar-refractivity contribution in [3.05, 3.63) is 54.1 Å². The molecule has 3 heteroatoms. The van der Waals surface area contributed by atoms with Gasteiger partial charge in [0.25, 0.3) is 5.91 Å². The van der Waals surface area contributed by atoms with Gasteiger partial charge in [-0.3, -0.25) is 4.79 Å². The van der Waals surface area contributed by atoms with E-state index in [9.17, 15) is 4.79 Å². The van der Waals surface area contributed by atoms with Crippen LogP contribution in [0.3, 0.4) is 0 Å². The Morgan fingerprint density at radius 1 is 1.00 bits per heavy atom. The van der Waals surface area contributed by atoms with Crippen molar-refractivity contribution in [1.82, 2.24) is 5.32 Å². The summed E-state index contributed by atoms with van der Waals surface area (Å²) in [6, 6.07) is 16.2. The monoisotopic (exact) mass is 283 g/mol. The molecule has 0 saturated carbocycles. The molecule has 0 unspecified atom stereocenters. The van der Waals surface area contributed by atoms with Crippen molar-refractivity contribution >= 4 is 5.91 Å². The second-order valence-electron chi connectivity index (χ2n) is 5.03. The Bertz CT molecular complexity index is 573. The number of hydrogen-bond acceptors (Lipinski definition) is 2. The molecule has 1 amide bonds. The molecule has 2 rings (SSSR count). The van der Waals surface area contributed by atoms with Gasteiger partial charge in [0.1, 0.15) is 5.75 Å². The van der Waals surface area contributed by atoms with Crippen molar-refractivity contribution in [3.63, 3.8) is 0 Å². The zero-order valence-corrected chi connectivity index (χ0v) is 12.6. The summed E-state index contributed by atoms with van der Waals surface area (Å²) in [5.41, 5.74) is 3.56. The van der Waals surface area contributed by atoms with Gasteiger partial charge >= 0.3 is 0 Å². The lowest BCUT2D eigenvalue weighted by Gasteiger charge is -2.08. The van der Waals surface area contributed by atoms with E-state index in [1.165, 1.54) is 11.1 Å². The van der Waals surface area contributed by atoms with Crippen molar-refractivity contribution in [2.24, 2.45) is 0 Å². The van der Waals surface area contributed by atoms with Gasteiger partial charge in [0.15, 0.2) is 6.61 Å². The van der Waals surface area contributed by atoms with Crippen LogP contribution in [0, 0.1) is 6.92 Å². The molecular weight excluding hydrogens is 262 g/mol. The van der Waals surface area contributed by atoms with Crippen LogP contribution in [0.15, 0.2) is 48.5 Å². The van der Waals surface area contributed by atoms with Crippen LogP contribution >= 0.6 is 0 Å². The average Bonchev–Trinajstić information content (AvgIpc) is 2.52. The van der Waals surface area contributed by atoms with E-state index in [-0.39, 0.29) is 12.5 Å². The lowest BCUT2D eigenvalue weighted by Crippen LogP contribution is -2.29. The van der Waals surface area contributed by atoms with Crippen LogP contribution in [-0.2, 0) is 4.79 Å². The van der Waals surface area contributed by atoms with E-state index >= 15 is 0 Å². The van der Waals surface area contributed by atoms with Crippen LogP contribution in [0.5, 0.6) is 5.75 Å². The smallest absolute Gasteiger partial charge is 0.257 e. The fraction of sp³-hybridized carbons (Fsp3) is 0.278. The van der Waals surface area contributed by atoms with Crippen molar-refractivity contribution < 1.29 is 9.53 Å². The van der Waals surface area contributed by atoms with Crippen molar-refractivity contribution in [2.45, 2.75) is 20.3 Å². The van der Waals surface area contributed by atoms with E-state index < -0.39 is 0 Å². The van der Waals surface area contributed by atoms with Crippen molar-refractivity contribution in [2.75, 3.05) is 13.2 Å². The molecule has 0 fully saturated rings. The normalized spacial score (nSPS) is 10.2. The molecule has 0 radical (unpaired) electrons. The van der Waals surface area contributed by atoms with Gasteiger partial charge in [-0.2, -0.15) is 0 Å². The Labute approximate surface area is 126 Å². The highest BCUT2D eigenvalue weighted by Crippen LogP contribution is 2.22. The quantitative estimate of drug-likeness (QED) is 0.880. The number of rotatable bonds is 6. The highest BCUT2D eigenvalue weighted by molar-refractivity contribution is 5.77. The maximum atomic E-state index is 11.5. The van der Waals surface area contributed by atoms with Gasteiger partial charge in [0, 0.05) is 6.54 Å². The maximum absolute atomic E-state index is 11.5. The lowest BCUT2D eigenvalue weighted by atomic mass is 10.0. The minimum Gasteiger partial charge on any atom is -0.484 e. The molecular formula is C18H21NO2. The summed E-state index contributed by atoms with van der Waals surface area (Å²) in [6.45, 7) is 4.84. The van der Waals surface area contributed by atoms with E-state index in [1.807, 2.05) is 31.2 Å². The summed E-state index contributed by atoms with van der Waals surface area (Å²) in [6.07, 6.45) is 0.928. The summed E-state index contributed by atoms with van der Waals surface area (Å²) in [4.78, 5) is 11.5. The van der Waals surface area contributed by atoms with E-state index in [1.54, 1.807) is 0 Å². The number of amides is 1. The third kappa shape index (κ3) is 4.63. The number of ether oxygens (including phenoxy) is 1. The predicted octanol–water partition coefficient (Wildman–Crippen LogP) is 3.57. The van der Waals surface area contributed by atoms with Gasteiger partial charge in [-0.05, 0) is 36.6 Å². The number of nitrogens with one attached hydrogen (secondary N) is 1. The topological polar surface area (TPSA) is 38.3 Å². The van der Waals surface area contributed by atoms with Gasteiger partial charge in [-0.25, -0.2) is 0 Å². The summed E-state index contributed by atoms with van der Waals surface area (Å²) >= 11 is 0. The molecule has 0 aromatic heterocycles. The third-order valence-electron chi connectivity index (χ3n) is 3.18. The van der Waals surface area contributed by atoms with E-state index in [2.05, 4.69) is 36.5 Å². The van der Waals surface area contributed by atoms with Crippen LogP contribution in [0.2, 0.25) is 0 Å². The molecule has 0 spiro atoms. The fourth-order valence-electron chi connectivity index (χ4n) is 1.95. The molecule has 3 nitrogen and oxygen atoms in total. The van der Waals surface area contributed by atoms with Gasteiger partial charge in [0.05, 0.1) is 0 Å². The third-order valence-corrected chi connectivity index (χ3v) is 3.18. The molecule has 2 aromatic rings. The van der Waals surface area contributed by atoms with Gasteiger partial charge in [-0.1, -0.05) is 48.9 Å². The summed E-state index contributed by atoms with van der Waals surface area (Å²) in [7, 11) is 0. The molecule has 0 saturated heterocycles. The largest absolute Gasteiger partial charge is 0.484 e. The van der Waals surface area contributed by atoms with Crippen molar-refractivity contribution in [3.8, 4) is 16.9 Å². The highest BCUT2D eigenvalue weighted by Gasteiger charge is 2.02. The van der Waals surface area contributed by atoms with Crippen molar-refractivity contribution in [1.29, 1.82) is 0 Å². The molecule has 110 valence electrons. The Morgan fingerprint density at radius 3 is 2.14 bits per heavy atom. The average molecular weight is 283 g/mol. The summed E-state index contributed by atoms with van der Waals surface area (Å²) in [5, 5.41) is 2.78. The van der Waals surface area contributed by atoms with Gasteiger partial charge in [0.2, 0.25) is 0 Å². The van der Waals surface area contributed by atoms with E-state index in [0.717, 1.165) is 12.0 Å². The molecule has 0 bridgehead atoms. The molecule has 0 aliphatic heterocycles. The van der Waals surface area contributed by atoms with Crippen LogP contribution in [0.4, 0.5) is 0 Å². The second-order valence-corrected chi connectivity index (χ2v) is 5.03. The van der Waals surface area contributed by atoms with Gasteiger partial charge < -0.3 is 10.1 Å². The van der Waals surface area contributed by atoms with Gasteiger partial charge in [-0.15, -0.1) is 0 Å². The number of aryl methyl sites for hydroxylation is 1. The first-order valence-electron chi connectivity index (χ1n) is 7.25. The first-order chi connectivity index (χ1) is 10.2. The Hall–Kier alpha value is -2.29. The van der Waals surface area contributed by atoms with Crippen LogP contribution in [0.25, 0.3) is 11.1 Å². The summed E-state index contributed by atoms with van der Waals surface area (Å²) < 4.78 is 5.46. The lowest BCUT2D eigenvalue weighted by molar-refractivity contribution is -0.123. The van der Waals surface area contributed by atoms with E-state index in [0.29, 0.717) is 12.3 Å². The Morgan fingerprint density at radius 2 is 1.57 bits per heavy atom. The molecule has 21 heavy (non-hydrogen) atoms. The van der Waals surface area contributed by atoms with Crippen LogP contribution < -0.4 is 10.1 Å². The standard InChI is InChI=1S/C18H21NO2/c1-3-12-19-18(20)13-21-17-10-8-16(9-11-17)15-6-4-14(2)5-7-15/h4-11H,3,12-13H2,1-2H3,(H,19,20). The molecule has 0 aliphatic carbocycles. The highest BCUT2D eigenvalue weighted by atomic mass is 16.5. The first kappa shape index (κ1) is 15.1. The Balaban J connectivity index is 1.93. The predicted molar refractivity (Wildman–Crippen MR) is 85.4 cm³/mol. The molecule has 0 aliphatic rings. The van der Waals surface area contributed by atoms with Crippen LogP contribution in [0.1, 0.15) is 18.9 Å². The minimum atomic E-state index is -0.0838. The zero-order valence-electron chi connectivity index (χ0n) is 12.6. The number of hydrogen-bond donors (Lipinski definition) is 1. The number of carbonyl (C=O) groups is 1. The fourth-order valence-corrected chi connectivity index (χ4v) is 1.95. The molecule has 1 N–H and O–H groups in total. The van der Waals surface area contributed by atoms with Crippen LogP contribution in [-0.4, -0.2) is 19.1 Å². The van der Waals surface area contributed by atoms with E-state index in [4.69, 9.17) is 4.74 Å². The maximum Gasteiger partial charge on any atom is 0.257 e. The summed E-state index contributed by atoms with van der Waals surface area (Å²) in [5.74, 6) is 0.622.